The van der Waals surface area contributed by atoms with Crippen molar-refractivity contribution in [2.24, 2.45) is 0 Å². The molecule has 0 spiro atoms. The topological polar surface area (TPSA) is 78.9 Å². The molecule has 0 radical (unpaired) electrons. The standard InChI is InChI=1S/C20H16BrClN2O4S2/c1-3-28-15-8-11(7-13(21)17(15)25)9-16-19(27)24(20(29)30-16)23-18(26)12-5-4-10(2)6-14(12)22/h4-9,25H,3H2,1-2H3,(H,23,26)/b16-9+. The summed E-state index contributed by atoms with van der Waals surface area (Å²) in [4.78, 5) is 25.7. The van der Waals surface area contributed by atoms with Crippen LogP contribution in [0.3, 0.4) is 0 Å². The predicted octanol–water partition coefficient (Wildman–Crippen LogP) is 5.06. The molecule has 2 N–H and O–H groups in total. The summed E-state index contributed by atoms with van der Waals surface area (Å²) in [6, 6.07) is 8.27. The molecule has 156 valence electrons. The van der Waals surface area contributed by atoms with Crippen LogP contribution < -0.4 is 10.2 Å². The number of hydrazine groups is 1. The van der Waals surface area contributed by atoms with Gasteiger partial charge in [0.25, 0.3) is 11.8 Å². The molecule has 10 heteroatoms. The number of halogens is 2. The highest BCUT2D eigenvalue weighted by Crippen LogP contribution is 2.38. The number of thiocarbonyl (C=S) groups is 1. The van der Waals surface area contributed by atoms with Gasteiger partial charge >= 0.3 is 0 Å². The van der Waals surface area contributed by atoms with Gasteiger partial charge in [0.2, 0.25) is 0 Å². The predicted molar refractivity (Wildman–Crippen MR) is 126 cm³/mol. The molecule has 1 aliphatic rings. The van der Waals surface area contributed by atoms with E-state index in [4.69, 9.17) is 28.6 Å². The lowest BCUT2D eigenvalue weighted by atomic mass is 10.1. The van der Waals surface area contributed by atoms with Crippen LogP contribution in [0.15, 0.2) is 39.7 Å². The molecule has 0 aliphatic carbocycles. The van der Waals surface area contributed by atoms with Crippen LogP contribution in [-0.4, -0.2) is 32.9 Å². The van der Waals surface area contributed by atoms with Crippen LogP contribution >= 0.6 is 51.5 Å². The van der Waals surface area contributed by atoms with Crippen molar-refractivity contribution in [3.63, 3.8) is 0 Å². The van der Waals surface area contributed by atoms with Crippen LogP contribution in [0.2, 0.25) is 5.02 Å². The second-order valence-corrected chi connectivity index (χ2v) is 9.16. The first-order valence-corrected chi connectivity index (χ1v) is 11.1. The van der Waals surface area contributed by atoms with Crippen molar-refractivity contribution in [3.05, 3.63) is 61.4 Å². The van der Waals surface area contributed by atoms with E-state index in [1.54, 1.807) is 43.3 Å². The molecule has 6 nitrogen and oxygen atoms in total. The van der Waals surface area contributed by atoms with Crippen molar-refractivity contribution in [3.8, 4) is 11.5 Å². The van der Waals surface area contributed by atoms with E-state index >= 15 is 0 Å². The fourth-order valence-corrected chi connectivity index (χ4v) is 4.58. The normalized spacial score (nSPS) is 15.1. The van der Waals surface area contributed by atoms with Gasteiger partial charge in [0.1, 0.15) is 0 Å². The zero-order valence-corrected chi connectivity index (χ0v) is 19.8. The molecule has 0 unspecified atom stereocenters. The SMILES string of the molecule is CCOc1cc(/C=C2/SC(=S)N(NC(=O)c3ccc(C)cc3Cl)C2=O)cc(Br)c1O. The van der Waals surface area contributed by atoms with Crippen molar-refractivity contribution >= 4 is 73.7 Å². The van der Waals surface area contributed by atoms with Crippen molar-refractivity contribution in [2.45, 2.75) is 13.8 Å². The molecule has 2 aromatic carbocycles. The lowest BCUT2D eigenvalue weighted by Crippen LogP contribution is -2.44. The Balaban J connectivity index is 1.83. The van der Waals surface area contributed by atoms with Crippen LogP contribution in [0.1, 0.15) is 28.4 Å². The molecule has 0 atom stereocenters. The molecule has 2 amide bonds. The lowest BCUT2D eigenvalue weighted by Gasteiger charge is -2.16. The summed E-state index contributed by atoms with van der Waals surface area (Å²) in [5.41, 5.74) is 4.28. The number of amides is 2. The average Bonchev–Trinajstić information content (AvgIpc) is 2.93. The van der Waals surface area contributed by atoms with Gasteiger partial charge in [-0.05, 0) is 83.5 Å². The van der Waals surface area contributed by atoms with E-state index in [2.05, 4.69) is 21.4 Å². The van der Waals surface area contributed by atoms with E-state index in [1.165, 1.54) is 0 Å². The second-order valence-electron chi connectivity index (χ2n) is 6.22. The molecular formula is C20H16BrClN2O4S2. The van der Waals surface area contributed by atoms with Gasteiger partial charge in [0.15, 0.2) is 15.8 Å². The number of hydrogen-bond acceptors (Lipinski definition) is 6. The fourth-order valence-electron chi connectivity index (χ4n) is 2.62. The van der Waals surface area contributed by atoms with Gasteiger partial charge in [0.05, 0.1) is 26.6 Å². The molecule has 1 fully saturated rings. The highest BCUT2D eigenvalue weighted by molar-refractivity contribution is 9.10. The van der Waals surface area contributed by atoms with Gasteiger partial charge in [-0.25, -0.2) is 0 Å². The number of ether oxygens (including phenoxy) is 1. The van der Waals surface area contributed by atoms with Crippen LogP contribution in [0.5, 0.6) is 11.5 Å². The first kappa shape index (κ1) is 22.6. The Morgan fingerprint density at radius 1 is 1.40 bits per heavy atom. The van der Waals surface area contributed by atoms with Gasteiger partial charge in [0, 0.05) is 0 Å². The summed E-state index contributed by atoms with van der Waals surface area (Å²) in [5, 5.41) is 11.3. The minimum Gasteiger partial charge on any atom is -0.503 e. The molecule has 1 saturated heterocycles. The minimum absolute atomic E-state index is 0.0243. The number of phenolic OH excluding ortho intramolecular Hbond substituents is 1. The van der Waals surface area contributed by atoms with Crippen molar-refractivity contribution in [2.75, 3.05) is 6.61 Å². The number of aromatic hydroxyl groups is 1. The molecule has 0 aromatic heterocycles. The fraction of sp³-hybridized carbons (Fsp3) is 0.150. The number of aryl methyl sites for hydroxylation is 1. The van der Waals surface area contributed by atoms with Gasteiger partial charge in [-0.2, -0.15) is 5.01 Å². The summed E-state index contributed by atoms with van der Waals surface area (Å²) in [5.74, 6) is -0.744. The summed E-state index contributed by atoms with van der Waals surface area (Å²) in [6.45, 7) is 4.03. The van der Waals surface area contributed by atoms with Crippen LogP contribution in [-0.2, 0) is 4.79 Å². The molecule has 0 saturated carbocycles. The number of phenols is 1. The van der Waals surface area contributed by atoms with E-state index in [0.29, 0.717) is 21.5 Å². The first-order chi connectivity index (χ1) is 14.2. The van der Waals surface area contributed by atoms with E-state index in [-0.39, 0.29) is 26.4 Å². The highest BCUT2D eigenvalue weighted by atomic mass is 79.9. The van der Waals surface area contributed by atoms with Crippen molar-refractivity contribution < 1.29 is 19.4 Å². The van der Waals surface area contributed by atoms with Crippen LogP contribution in [0.25, 0.3) is 6.08 Å². The quantitative estimate of drug-likeness (QED) is 0.418. The van der Waals surface area contributed by atoms with Gasteiger partial charge in [-0.15, -0.1) is 0 Å². The zero-order chi connectivity index (χ0) is 22.0. The Bertz CT molecular complexity index is 1090. The molecule has 3 rings (SSSR count). The lowest BCUT2D eigenvalue weighted by molar-refractivity contribution is -0.123. The van der Waals surface area contributed by atoms with E-state index < -0.39 is 11.8 Å². The highest BCUT2D eigenvalue weighted by Gasteiger charge is 2.34. The van der Waals surface area contributed by atoms with E-state index in [1.807, 2.05) is 6.92 Å². The van der Waals surface area contributed by atoms with Crippen molar-refractivity contribution in [1.82, 2.24) is 10.4 Å². The smallest absolute Gasteiger partial charge is 0.285 e. The summed E-state index contributed by atoms with van der Waals surface area (Å²) in [6.07, 6.45) is 1.61. The third kappa shape index (κ3) is 4.80. The Kier molecular flexibility index (Phi) is 7.07. The molecular weight excluding hydrogens is 512 g/mol. The number of rotatable bonds is 5. The molecule has 0 bridgehead atoms. The van der Waals surface area contributed by atoms with Crippen molar-refractivity contribution in [1.29, 1.82) is 0 Å². The number of nitrogens with one attached hydrogen (secondary N) is 1. The Morgan fingerprint density at radius 3 is 2.80 bits per heavy atom. The largest absolute Gasteiger partial charge is 0.503 e. The number of carbonyl (C=O) groups is 2. The molecule has 30 heavy (non-hydrogen) atoms. The van der Waals surface area contributed by atoms with Gasteiger partial charge in [-0.3, -0.25) is 15.0 Å². The number of benzene rings is 2. The Hall–Kier alpha value is -2.07. The number of hydrogen-bond donors (Lipinski definition) is 2. The monoisotopic (exact) mass is 526 g/mol. The molecule has 1 heterocycles. The van der Waals surface area contributed by atoms with Gasteiger partial charge in [-0.1, -0.05) is 29.4 Å². The first-order valence-electron chi connectivity index (χ1n) is 8.71. The maximum absolute atomic E-state index is 12.8. The third-order valence-corrected chi connectivity index (χ3v) is 6.24. The molecule has 1 aliphatic heterocycles. The maximum atomic E-state index is 12.8. The minimum atomic E-state index is -0.538. The third-order valence-electron chi connectivity index (χ3n) is 4.02. The van der Waals surface area contributed by atoms with E-state index in [0.717, 1.165) is 22.3 Å². The summed E-state index contributed by atoms with van der Waals surface area (Å²) in [7, 11) is 0. The van der Waals surface area contributed by atoms with Gasteiger partial charge < -0.3 is 9.84 Å². The van der Waals surface area contributed by atoms with Crippen LogP contribution in [0.4, 0.5) is 0 Å². The van der Waals surface area contributed by atoms with E-state index in [9.17, 15) is 14.7 Å². The average molecular weight is 528 g/mol. The van der Waals surface area contributed by atoms with Crippen LogP contribution in [0, 0.1) is 6.92 Å². The Labute approximate surface area is 196 Å². The molecule has 2 aromatic rings. The maximum Gasteiger partial charge on any atom is 0.285 e. The summed E-state index contributed by atoms with van der Waals surface area (Å²) >= 11 is 15.7. The second kappa shape index (κ2) is 9.38. The number of carbonyl (C=O) groups excluding carboxylic acids is 2. The zero-order valence-electron chi connectivity index (χ0n) is 15.9. The Morgan fingerprint density at radius 2 is 2.13 bits per heavy atom. The number of nitrogens with zero attached hydrogens (tertiary/aromatic N) is 1. The number of thioether (sulfide) groups is 1. The summed E-state index contributed by atoms with van der Waals surface area (Å²) < 4.78 is 6.02.